The second-order valence-electron chi connectivity index (χ2n) is 4.36. The van der Waals surface area contributed by atoms with Gasteiger partial charge in [0.1, 0.15) is 11.3 Å². The molecule has 0 saturated heterocycles. The van der Waals surface area contributed by atoms with E-state index in [4.69, 9.17) is 21.4 Å². The lowest BCUT2D eigenvalue weighted by Gasteiger charge is -2.10. The largest absolute Gasteiger partial charge is 0.454 e. The number of fused-ring (bicyclic) bond motifs is 1. The molecule has 0 spiro atoms. The molecule has 0 bridgehead atoms. The number of aromatic nitrogens is 1. The highest BCUT2D eigenvalue weighted by Gasteiger charge is 2.07. The van der Waals surface area contributed by atoms with Crippen molar-refractivity contribution in [1.82, 2.24) is 4.98 Å². The molecule has 3 nitrogen and oxygen atoms in total. The number of hydrogen-bond donors (Lipinski definition) is 1. The Labute approximate surface area is 121 Å². The van der Waals surface area contributed by atoms with Crippen LogP contribution >= 0.6 is 11.6 Å². The molecule has 1 heterocycles. The van der Waals surface area contributed by atoms with Gasteiger partial charge in [-0.1, -0.05) is 35.9 Å². The Hall–Kier alpha value is -2.10. The lowest BCUT2D eigenvalue weighted by Crippen LogP contribution is -1.90. The maximum Gasteiger partial charge on any atom is 0.153 e. The summed E-state index contributed by atoms with van der Waals surface area (Å²) in [6.45, 7) is -0.0458. The third kappa shape index (κ3) is 2.46. The van der Waals surface area contributed by atoms with Crippen LogP contribution in [0, 0.1) is 0 Å². The number of hydrogen-bond acceptors (Lipinski definition) is 3. The molecule has 4 heteroatoms. The molecule has 100 valence electrons. The van der Waals surface area contributed by atoms with Crippen LogP contribution in [0.15, 0.2) is 54.7 Å². The summed E-state index contributed by atoms with van der Waals surface area (Å²) in [4.78, 5) is 4.33. The Bertz CT molecular complexity index is 753. The van der Waals surface area contributed by atoms with Gasteiger partial charge in [0.05, 0.1) is 11.6 Å². The molecule has 0 fully saturated rings. The van der Waals surface area contributed by atoms with E-state index in [1.54, 1.807) is 24.4 Å². The first-order valence-corrected chi connectivity index (χ1v) is 6.56. The molecule has 2 aromatic carbocycles. The van der Waals surface area contributed by atoms with Gasteiger partial charge in [-0.05, 0) is 29.8 Å². The quantitative estimate of drug-likeness (QED) is 0.785. The molecule has 0 radical (unpaired) electrons. The summed E-state index contributed by atoms with van der Waals surface area (Å²) in [7, 11) is 0. The SMILES string of the molecule is OCc1ccc(Oc2cccc3cccnc23)c(Cl)c1. The van der Waals surface area contributed by atoms with Gasteiger partial charge in [-0.15, -0.1) is 0 Å². The molecule has 0 amide bonds. The van der Waals surface area contributed by atoms with Gasteiger partial charge in [-0.2, -0.15) is 0 Å². The van der Waals surface area contributed by atoms with Gasteiger partial charge in [0.2, 0.25) is 0 Å². The van der Waals surface area contributed by atoms with Crippen LogP contribution in [0.25, 0.3) is 10.9 Å². The average molecular weight is 286 g/mol. The summed E-state index contributed by atoms with van der Waals surface area (Å²) >= 11 is 6.15. The zero-order valence-corrected chi connectivity index (χ0v) is 11.3. The van der Waals surface area contributed by atoms with E-state index >= 15 is 0 Å². The molecule has 0 aliphatic heterocycles. The normalized spacial score (nSPS) is 10.7. The highest BCUT2D eigenvalue weighted by atomic mass is 35.5. The summed E-state index contributed by atoms with van der Waals surface area (Å²) in [6, 6.07) is 14.8. The van der Waals surface area contributed by atoms with E-state index in [9.17, 15) is 0 Å². The number of aliphatic hydroxyl groups excluding tert-OH is 1. The zero-order chi connectivity index (χ0) is 13.9. The van der Waals surface area contributed by atoms with Gasteiger partial charge in [-0.25, -0.2) is 0 Å². The first-order valence-electron chi connectivity index (χ1n) is 6.19. The highest BCUT2D eigenvalue weighted by molar-refractivity contribution is 6.32. The maximum absolute atomic E-state index is 9.07. The van der Waals surface area contributed by atoms with Gasteiger partial charge in [0, 0.05) is 11.6 Å². The van der Waals surface area contributed by atoms with Crippen LogP contribution in [0.2, 0.25) is 5.02 Å². The van der Waals surface area contributed by atoms with Crippen molar-refractivity contribution in [3.63, 3.8) is 0 Å². The zero-order valence-electron chi connectivity index (χ0n) is 10.6. The molecular weight excluding hydrogens is 274 g/mol. The van der Waals surface area contributed by atoms with E-state index in [0.717, 1.165) is 16.5 Å². The molecule has 1 N–H and O–H groups in total. The number of para-hydroxylation sites is 1. The van der Waals surface area contributed by atoms with Crippen molar-refractivity contribution < 1.29 is 9.84 Å². The van der Waals surface area contributed by atoms with Gasteiger partial charge >= 0.3 is 0 Å². The Morgan fingerprint density at radius 2 is 1.90 bits per heavy atom. The van der Waals surface area contributed by atoms with E-state index in [2.05, 4.69) is 4.98 Å². The highest BCUT2D eigenvalue weighted by Crippen LogP contribution is 2.33. The molecule has 0 aliphatic carbocycles. The number of benzene rings is 2. The topological polar surface area (TPSA) is 42.4 Å². The number of aliphatic hydroxyl groups is 1. The Kier molecular flexibility index (Phi) is 3.54. The van der Waals surface area contributed by atoms with Crippen molar-refractivity contribution in [3.8, 4) is 11.5 Å². The monoisotopic (exact) mass is 285 g/mol. The van der Waals surface area contributed by atoms with Crippen molar-refractivity contribution in [2.75, 3.05) is 0 Å². The van der Waals surface area contributed by atoms with E-state index in [1.165, 1.54) is 0 Å². The number of pyridine rings is 1. The van der Waals surface area contributed by atoms with E-state index in [-0.39, 0.29) is 6.61 Å². The van der Waals surface area contributed by atoms with Crippen LogP contribution in [-0.4, -0.2) is 10.1 Å². The van der Waals surface area contributed by atoms with E-state index in [1.807, 2.05) is 30.3 Å². The fourth-order valence-corrected chi connectivity index (χ4v) is 2.24. The number of nitrogens with zero attached hydrogens (tertiary/aromatic N) is 1. The molecule has 0 aliphatic rings. The maximum atomic E-state index is 9.07. The van der Waals surface area contributed by atoms with Gasteiger partial charge in [-0.3, -0.25) is 4.98 Å². The first-order chi connectivity index (χ1) is 9.78. The van der Waals surface area contributed by atoms with Crippen molar-refractivity contribution in [1.29, 1.82) is 0 Å². The average Bonchev–Trinajstić information content (AvgIpc) is 2.49. The summed E-state index contributed by atoms with van der Waals surface area (Å²) in [6.07, 6.45) is 1.73. The Morgan fingerprint density at radius 3 is 2.70 bits per heavy atom. The number of ether oxygens (including phenoxy) is 1. The molecule has 3 aromatic rings. The minimum absolute atomic E-state index is 0.0458. The van der Waals surface area contributed by atoms with E-state index in [0.29, 0.717) is 16.5 Å². The minimum Gasteiger partial charge on any atom is -0.454 e. The Morgan fingerprint density at radius 1 is 1.05 bits per heavy atom. The second kappa shape index (κ2) is 5.49. The summed E-state index contributed by atoms with van der Waals surface area (Å²) in [5, 5.41) is 10.5. The molecule has 0 atom stereocenters. The third-order valence-electron chi connectivity index (χ3n) is 2.99. The van der Waals surface area contributed by atoms with Gasteiger partial charge in [0.25, 0.3) is 0 Å². The lowest BCUT2D eigenvalue weighted by atomic mass is 10.2. The van der Waals surface area contributed by atoms with E-state index < -0.39 is 0 Å². The first kappa shape index (κ1) is 12.9. The second-order valence-corrected chi connectivity index (χ2v) is 4.76. The van der Waals surface area contributed by atoms with Crippen molar-refractivity contribution in [3.05, 3.63) is 65.3 Å². The van der Waals surface area contributed by atoms with Crippen LogP contribution in [0.1, 0.15) is 5.56 Å². The van der Waals surface area contributed by atoms with Crippen LogP contribution in [0.5, 0.6) is 11.5 Å². The smallest absolute Gasteiger partial charge is 0.153 e. The van der Waals surface area contributed by atoms with Crippen molar-refractivity contribution >= 4 is 22.5 Å². The van der Waals surface area contributed by atoms with Crippen molar-refractivity contribution in [2.45, 2.75) is 6.61 Å². The van der Waals surface area contributed by atoms with Crippen LogP contribution in [-0.2, 0) is 6.61 Å². The minimum atomic E-state index is -0.0458. The summed E-state index contributed by atoms with van der Waals surface area (Å²) in [5.74, 6) is 1.20. The lowest BCUT2D eigenvalue weighted by molar-refractivity contribution is 0.281. The van der Waals surface area contributed by atoms with Gasteiger partial charge < -0.3 is 9.84 Å². The van der Waals surface area contributed by atoms with Crippen molar-refractivity contribution in [2.24, 2.45) is 0 Å². The van der Waals surface area contributed by atoms with Crippen LogP contribution < -0.4 is 4.74 Å². The van der Waals surface area contributed by atoms with Crippen LogP contribution in [0.3, 0.4) is 0 Å². The molecule has 3 rings (SSSR count). The number of halogens is 1. The molecule has 0 saturated carbocycles. The fourth-order valence-electron chi connectivity index (χ4n) is 2.00. The number of rotatable bonds is 3. The standard InChI is InChI=1S/C16H12ClNO2/c17-13-9-11(10-19)6-7-14(13)20-15-5-1-3-12-4-2-8-18-16(12)15/h1-9,19H,10H2. The Balaban J connectivity index is 2.01. The summed E-state index contributed by atoms with van der Waals surface area (Å²) < 4.78 is 5.85. The predicted octanol–water partition coefficient (Wildman–Crippen LogP) is 4.17. The molecule has 20 heavy (non-hydrogen) atoms. The third-order valence-corrected chi connectivity index (χ3v) is 3.29. The van der Waals surface area contributed by atoms with Crippen LogP contribution in [0.4, 0.5) is 0 Å². The molecule has 0 unspecified atom stereocenters. The summed E-state index contributed by atoms with van der Waals surface area (Å²) in [5.41, 5.74) is 1.54. The predicted molar refractivity (Wildman–Crippen MR) is 79.2 cm³/mol. The van der Waals surface area contributed by atoms with Gasteiger partial charge in [0.15, 0.2) is 5.75 Å². The fraction of sp³-hybridized carbons (Fsp3) is 0.0625. The molecule has 1 aromatic heterocycles. The molecular formula is C16H12ClNO2.